The molecule has 3 nitrogen and oxygen atoms in total. The molecule has 0 aliphatic heterocycles. The van der Waals surface area contributed by atoms with Crippen molar-refractivity contribution in [2.45, 2.75) is 5.38 Å². The lowest BCUT2D eigenvalue weighted by molar-refractivity contribution is -0.136. The molecule has 0 fully saturated rings. The smallest absolute Gasteiger partial charge is 0.322 e. The minimum Gasteiger partial charge on any atom is -0.480 e. The summed E-state index contributed by atoms with van der Waals surface area (Å²) in [6.07, 6.45) is 0. The summed E-state index contributed by atoms with van der Waals surface area (Å²) in [5.74, 6) is -1.07. The first kappa shape index (κ1) is 8.01. The molecule has 5 heteroatoms. The van der Waals surface area contributed by atoms with Gasteiger partial charge in [-0.15, -0.1) is 11.6 Å². The van der Waals surface area contributed by atoms with Crippen LogP contribution in [0.1, 0.15) is 0 Å². The summed E-state index contributed by atoms with van der Waals surface area (Å²) < 4.78 is 0. The lowest BCUT2D eigenvalue weighted by Gasteiger charge is -1.97. The van der Waals surface area contributed by atoms with Gasteiger partial charge in [0.15, 0.2) is 0 Å². The first-order valence-corrected chi connectivity index (χ1v) is 2.70. The van der Waals surface area contributed by atoms with Gasteiger partial charge in [-0.1, -0.05) is 0 Å². The van der Waals surface area contributed by atoms with E-state index in [2.05, 4.69) is 4.84 Å². The van der Waals surface area contributed by atoms with Crippen LogP contribution in [-0.4, -0.2) is 23.0 Å². The molecule has 0 radical (unpaired) electrons. The molecule has 8 heavy (non-hydrogen) atoms. The van der Waals surface area contributed by atoms with Crippen molar-refractivity contribution in [1.82, 2.24) is 4.84 Å². The van der Waals surface area contributed by atoms with Gasteiger partial charge in [-0.25, -0.2) is 4.84 Å². The van der Waals surface area contributed by atoms with Crippen LogP contribution in [0.4, 0.5) is 0 Å². The van der Waals surface area contributed by atoms with E-state index < -0.39 is 11.3 Å². The van der Waals surface area contributed by atoms with Crippen LogP contribution in [0.3, 0.4) is 0 Å². The fraction of sp³-hybridized carbons (Fsp3) is 0.667. The van der Waals surface area contributed by atoms with Crippen LogP contribution in [0.15, 0.2) is 0 Å². The molecule has 0 saturated heterocycles. The number of carbonyl (C=O) groups is 1. The van der Waals surface area contributed by atoms with E-state index in [0.717, 1.165) is 0 Å². The highest BCUT2D eigenvalue weighted by molar-refractivity contribution is 6.30. The largest absolute Gasteiger partial charge is 0.480 e. The van der Waals surface area contributed by atoms with Crippen LogP contribution in [0.5, 0.6) is 0 Å². The molecule has 0 heterocycles. The molecule has 0 bridgehead atoms. The zero-order chi connectivity index (χ0) is 6.57. The van der Waals surface area contributed by atoms with Crippen LogP contribution < -0.4 is 4.84 Å². The number of aliphatic carboxylic acids is 1. The summed E-state index contributed by atoms with van der Waals surface area (Å²) in [6, 6.07) is 0. The predicted molar refractivity (Wildman–Crippen MR) is 31.1 cm³/mol. The van der Waals surface area contributed by atoms with Crippen molar-refractivity contribution in [3.8, 4) is 0 Å². The highest BCUT2D eigenvalue weighted by atomic mass is 35.5. The normalized spacial score (nSPS) is 13.2. The second-order valence-corrected chi connectivity index (χ2v) is 1.94. The maximum Gasteiger partial charge on any atom is 0.322 e. The van der Waals surface area contributed by atoms with E-state index >= 15 is 0 Å². The Kier molecular flexibility index (Phi) is 3.95. The summed E-state index contributed by atoms with van der Waals surface area (Å²) in [6.45, 7) is 0.0679. The lowest BCUT2D eigenvalue weighted by Crippen LogP contribution is -2.23. The second kappa shape index (κ2) is 3.95. The van der Waals surface area contributed by atoms with E-state index in [1.165, 1.54) is 0 Å². The minimum atomic E-state index is -1.07. The second-order valence-electron chi connectivity index (χ2n) is 1.14. The molecule has 0 spiro atoms. The minimum absolute atomic E-state index is 0.0679. The Balaban J connectivity index is 3.32. The Labute approximate surface area is 56.7 Å². The van der Waals surface area contributed by atoms with E-state index in [0.29, 0.717) is 0 Å². The third-order valence-corrected chi connectivity index (χ3v) is 1.02. The van der Waals surface area contributed by atoms with Gasteiger partial charge in [-0.2, -0.15) is 0 Å². The van der Waals surface area contributed by atoms with Gasteiger partial charge >= 0.3 is 5.97 Å². The van der Waals surface area contributed by atoms with E-state index in [4.69, 9.17) is 28.5 Å². The lowest BCUT2D eigenvalue weighted by atomic mass is 10.4. The molecule has 0 aromatic rings. The number of halogens is 2. The number of carboxylic acid groups (broad SMARTS) is 1. The number of alkyl halides is 1. The van der Waals surface area contributed by atoms with E-state index in [-0.39, 0.29) is 6.54 Å². The maximum absolute atomic E-state index is 9.86. The number of nitrogens with one attached hydrogen (secondary N) is 1. The molecule has 0 aliphatic rings. The summed E-state index contributed by atoms with van der Waals surface area (Å²) in [5.41, 5.74) is 0. The Morgan fingerprint density at radius 2 is 2.38 bits per heavy atom. The van der Waals surface area contributed by atoms with Gasteiger partial charge in [0.05, 0.1) is 0 Å². The number of hydrogen-bond acceptors (Lipinski definition) is 2. The number of carboxylic acids is 1. The fourth-order valence-electron chi connectivity index (χ4n) is 0.155. The van der Waals surface area contributed by atoms with Crippen molar-refractivity contribution in [3.63, 3.8) is 0 Å². The number of hydrogen-bond donors (Lipinski definition) is 2. The molecule has 0 rings (SSSR count). The van der Waals surface area contributed by atoms with Gasteiger partial charge in [-0.05, 0) is 11.8 Å². The monoisotopic (exact) mass is 157 g/mol. The third-order valence-electron chi connectivity index (χ3n) is 0.524. The molecule has 2 N–H and O–H groups in total. The Morgan fingerprint density at radius 1 is 1.88 bits per heavy atom. The zero-order valence-corrected chi connectivity index (χ0v) is 5.41. The van der Waals surface area contributed by atoms with Crippen molar-refractivity contribution in [1.29, 1.82) is 0 Å². The molecule has 0 aromatic carbocycles. The molecular weight excluding hydrogens is 153 g/mol. The SMILES string of the molecule is O=C(O)C(Cl)CNCl. The average Bonchev–Trinajstić information content (AvgIpc) is 1.67. The zero-order valence-electron chi connectivity index (χ0n) is 3.90. The van der Waals surface area contributed by atoms with Crippen LogP contribution in [-0.2, 0) is 4.79 Å². The van der Waals surface area contributed by atoms with E-state index in [1.54, 1.807) is 0 Å². The number of rotatable bonds is 3. The fourth-order valence-corrected chi connectivity index (χ4v) is 0.465. The van der Waals surface area contributed by atoms with Crippen LogP contribution in [0.25, 0.3) is 0 Å². The topological polar surface area (TPSA) is 49.3 Å². The van der Waals surface area contributed by atoms with E-state index in [1.807, 2.05) is 0 Å². The first-order chi connectivity index (χ1) is 3.68. The van der Waals surface area contributed by atoms with Crippen molar-refractivity contribution in [2.75, 3.05) is 6.54 Å². The molecule has 0 aromatic heterocycles. The summed E-state index contributed by atoms with van der Waals surface area (Å²) in [5, 5.41) is 7.15. The first-order valence-electron chi connectivity index (χ1n) is 1.89. The van der Waals surface area contributed by atoms with Gasteiger partial charge in [0.2, 0.25) is 0 Å². The molecular formula is C3H5Cl2NO2. The predicted octanol–water partition coefficient (Wildman–Crippen LogP) is 0.422. The standard InChI is InChI=1S/C3H5Cl2NO2/c4-2(1-6-5)3(7)8/h2,6H,1H2,(H,7,8). The maximum atomic E-state index is 9.86. The molecule has 48 valence electrons. The average molecular weight is 158 g/mol. The highest BCUT2D eigenvalue weighted by Gasteiger charge is 2.10. The Hall–Kier alpha value is 0.01000. The third kappa shape index (κ3) is 3.07. The van der Waals surface area contributed by atoms with Crippen molar-refractivity contribution < 1.29 is 9.90 Å². The van der Waals surface area contributed by atoms with E-state index in [9.17, 15) is 4.79 Å². The van der Waals surface area contributed by atoms with Crippen LogP contribution in [0, 0.1) is 0 Å². The molecule has 0 aliphatic carbocycles. The van der Waals surface area contributed by atoms with Crippen LogP contribution >= 0.6 is 23.4 Å². The van der Waals surface area contributed by atoms with Crippen molar-refractivity contribution >= 4 is 29.3 Å². The summed E-state index contributed by atoms with van der Waals surface area (Å²) in [7, 11) is 0. The molecule has 1 atom stereocenters. The van der Waals surface area contributed by atoms with Crippen LogP contribution in [0.2, 0.25) is 0 Å². The van der Waals surface area contributed by atoms with Gasteiger partial charge < -0.3 is 5.11 Å². The van der Waals surface area contributed by atoms with Gasteiger partial charge in [-0.3, -0.25) is 4.79 Å². The molecule has 0 saturated carbocycles. The molecule has 0 amide bonds. The summed E-state index contributed by atoms with van der Waals surface area (Å²) >= 11 is 10.1. The molecule has 1 unspecified atom stereocenters. The van der Waals surface area contributed by atoms with Crippen molar-refractivity contribution in [3.05, 3.63) is 0 Å². The van der Waals surface area contributed by atoms with Crippen molar-refractivity contribution in [2.24, 2.45) is 0 Å². The summed E-state index contributed by atoms with van der Waals surface area (Å²) in [4.78, 5) is 12.0. The van der Waals surface area contributed by atoms with Gasteiger partial charge in [0.25, 0.3) is 0 Å². The van der Waals surface area contributed by atoms with Gasteiger partial charge in [0.1, 0.15) is 5.38 Å². The Bertz CT molecular complexity index is 87.4. The Morgan fingerprint density at radius 3 is 2.50 bits per heavy atom. The van der Waals surface area contributed by atoms with Gasteiger partial charge in [0, 0.05) is 6.54 Å². The highest BCUT2D eigenvalue weighted by Crippen LogP contribution is 1.92. The quantitative estimate of drug-likeness (QED) is 0.462.